The quantitative estimate of drug-likeness (QED) is 0.518. The van der Waals surface area contributed by atoms with Gasteiger partial charge in [0.2, 0.25) is 5.95 Å². The number of hydrogen-bond acceptors (Lipinski definition) is 5. The highest BCUT2D eigenvalue weighted by Gasteiger charge is 2.23. The van der Waals surface area contributed by atoms with Crippen LogP contribution in [0.1, 0.15) is 25.3 Å². The number of aryl methyl sites for hydroxylation is 1. The van der Waals surface area contributed by atoms with E-state index in [2.05, 4.69) is 51.5 Å². The van der Waals surface area contributed by atoms with Crippen LogP contribution < -0.4 is 9.64 Å². The minimum atomic E-state index is 0.753. The Morgan fingerprint density at radius 3 is 2.66 bits per heavy atom. The Morgan fingerprint density at radius 2 is 1.86 bits per heavy atom. The summed E-state index contributed by atoms with van der Waals surface area (Å²) in [4.78, 5) is 7.45. The molecule has 1 saturated heterocycles. The van der Waals surface area contributed by atoms with E-state index in [0.717, 1.165) is 58.6 Å². The Labute approximate surface area is 170 Å². The van der Waals surface area contributed by atoms with E-state index in [9.17, 15) is 0 Å². The van der Waals surface area contributed by atoms with Crippen LogP contribution in [0.3, 0.4) is 0 Å². The van der Waals surface area contributed by atoms with Crippen LogP contribution in [0.2, 0.25) is 0 Å². The first-order valence-electron chi connectivity index (χ1n) is 10.2. The Balaban J connectivity index is 1.78. The van der Waals surface area contributed by atoms with Crippen molar-refractivity contribution in [2.24, 2.45) is 5.92 Å². The molecule has 29 heavy (non-hydrogen) atoms. The molecule has 4 aromatic rings. The lowest BCUT2D eigenvalue weighted by Gasteiger charge is -2.31. The zero-order valence-corrected chi connectivity index (χ0v) is 17.1. The lowest BCUT2D eigenvalue weighted by Crippen LogP contribution is -2.34. The van der Waals surface area contributed by atoms with Gasteiger partial charge in [-0.3, -0.25) is 0 Å². The molecule has 0 aliphatic carbocycles. The molecular weight excluding hydrogens is 362 g/mol. The molecule has 1 fully saturated rings. The lowest BCUT2D eigenvalue weighted by atomic mass is 9.99. The average molecular weight is 387 g/mol. The summed E-state index contributed by atoms with van der Waals surface area (Å²) in [5, 5.41) is 10.2. The maximum absolute atomic E-state index is 5.43. The third-order valence-electron chi connectivity index (χ3n) is 5.87. The van der Waals surface area contributed by atoms with E-state index in [1.165, 1.54) is 18.4 Å². The van der Waals surface area contributed by atoms with Gasteiger partial charge in [0.25, 0.3) is 0 Å². The number of hydrogen-bond donors (Lipinski definition) is 0. The van der Waals surface area contributed by atoms with Crippen LogP contribution in [0.5, 0.6) is 5.75 Å². The van der Waals surface area contributed by atoms with Gasteiger partial charge in [-0.2, -0.15) is 0 Å². The summed E-state index contributed by atoms with van der Waals surface area (Å²) in [5.74, 6) is 3.27. The van der Waals surface area contributed by atoms with Crippen LogP contribution in [0.4, 0.5) is 5.95 Å². The van der Waals surface area contributed by atoms with Crippen molar-refractivity contribution in [1.29, 1.82) is 0 Å². The normalized spacial score (nSPS) is 15.3. The number of methoxy groups -OCH3 is 1. The van der Waals surface area contributed by atoms with Gasteiger partial charge in [0.05, 0.1) is 12.6 Å². The van der Waals surface area contributed by atoms with Crippen molar-refractivity contribution in [3.63, 3.8) is 0 Å². The largest absolute Gasteiger partial charge is 0.497 e. The lowest BCUT2D eigenvalue weighted by molar-refractivity contribution is 0.415. The minimum absolute atomic E-state index is 0.753. The second-order valence-corrected chi connectivity index (χ2v) is 8.02. The summed E-state index contributed by atoms with van der Waals surface area (Å²) >= 11 is 0. The first-order chi connectivity index (χ1) is 14.1. The van der Waals surface area contributed by atoms with Gasteiger partial charge in [-0.15, -0.1) is 10.2 Å². The van der Waals surface area contributed by atoms with Gasteiger partial charge in [0.1, 0.15) is 5.75 Å². The molecule has 0 unspecified atom stereocenters. The molecule has 0 spiro atoms. The number of anilines is 1. The van der Waals surface area contributed by atoms with E-state index in [-0.39, 0.29) is 0 Å². The molecule has 0 N–H and O–H groups in total. The number of rotatable bonds is 3. The molecule has 6 nitrogen and oxygen atoms in total. The fourth-order valence-corrected chi connectivity index (χ4v) is 4.10. The van der Waals surface area contributed by atoms with Crippen molar-refractivity contribution in [2.75, 3.05) is 25.1 Å². The number of ether oxygens (including phenoxy) is 1. The maximum Gasteiger partial charge on any atom is 0.213 e. The molecule has 2 aromatic heterocycles. The van der Waals surface area contributed by atoms with Gasteiger partial charge >= 0.3 is 0 Å². The van der Waals surface area contributed by atoms with Crippen molar-refractivity contribution in [3.8, 4) is 17.1 Å². The molecule has 2 aromatic carbocycles. The molecule has 1 aliphatic rings. The standard InChI is InChI=1S/C23H25N5O/c1-15-9-11-27(12-10-15)23-24-20-8-7-16(2)13-19(20)22-26-25-21(28(22)23)17-5-4-6-18(14-17)29-3/h4-8,13-15H,9-12H2,1-3H3. The van der Waals surface area contributed by atoms with Crippen molar-refractivity contribution in [2.45, 2.75) is 26.7 Å². The molecule has 6 heteroatoms. The highest BCUT2D eigenvalue weighted by Crippen LogP contribution is 2.31. The van der Waals surface area contributed by atoms with E-state index in [0.29, 0.717) is 0 Å². The maximum atomic E-state index is 5.43. The molecule has 0 radical (unpaired) electrons. The summed E-state index contributed by atoms with van der Waals surface area (Å²) in [6.07, 6.45) is 2.34. The summed E-state index contributed by atoms with van der Waals surface area (Å²) in [6, 6.07) is 14.3. The van der Waals surface area contributed by atoms with Gasteiger partial charge < -0.3 is 9.64 Å². The molecule has 5 rings (SSSR count). The van der Waals surface area contributed by atoms with Crippen molar-refractivity contribution in [1.82, 2.24) is 19.6 Å². The predicted molar refractivity (Wildman–Crippen MR) is 116 cm³/mol. The second kappa shape index (κ2) is 7.03. The number of piperidine rings is 1. The molecule has 0 atom stereocenters. The number of nitrogens with zero attached hydrogens (tertiary/aromatic N) is 5. The zero-order chi connectivity index (χ0) is 20.0. The molecule has 148 valence electrons. The minimum Gasteiger partial charge on any atom is -0.497 e. The van der Waals surface area contributed by atoms with Crippen LogP contribution in [0.25, 0.3) is 27.9 Å². The van der Waals surface area contributed by atoms with Crippen molar-refractivity contribution < 1.29 is 4.74 Å². The van der Waals surface area contributed by atoms with Crippen LogP contribution in [0, 0.1) is 12.8 Å². The van der Waals surface area contributed by atoms with Crippen LogP contribution >= 0.6 is 0 Å². The fraction of sp³-hybridized carbons (Fsp3) is 0.348. The van der Waals surface area contributed by atoms with Gasteiger partial charge in [0.15, 0.2) is 11.5 Å². The Kier molecular flexibility index (Phi) is 4.34. The SMILES string of the molecule is COc1cccc(-c2nnc3c4cc(C)ccc4nc(N4CCC(C)CC4)n23)c1. The first-order valence-corrected chi connectivity index (χ1v) is 10.2. The van der Waals surface area contributed by atoms with E-state index in [1.54, 1.807) is 7.11 Å². The topological polar surface area (TPSA) is 55.6 Å². The van der Waals surface area contributed by atoms with Crippen molar-refractivity contribution >= 4 is 22.5 Å². The summed E-state index contributed by atoms with van der Waals surface area (Å²) in [5.41, 5.74) is 3.97. The Bertz CT molecular complexity index is 1190. The summed E-state index contributed by atoms with van der Waals surface area (Å²) < 4.78 is 7.54. The van der Waals surface area contributed by atoms with E-state index < -0.39 is 0 Å². The van der Waals surface area contributed by atoms with Gasteiger partial charge in [0, 0.05) is 24.0 Å². The van der Waals surface area contributed by atoms with Crippen molar-refractivity contribution in [3.05, 3.63) is 48.0 Å². The van der Waals surface area contributed by atoms with Gasteiger partial charge in [-0.1, -0.05) is 30.7 Å². The highest BCUT2D eigenvalue weighted by atomic mass is 16.5. The van der Waals surface area contributed by atoms with E-state index in [1.807, 2.05) is 24.3 Å². The average Bonchev–Trinajstić information content (AvgIpc) is 3.19. The monoisotopic (exact) mass is 387 g/mol. The van der Waals surface area contributed by atoms with Gasteiger partial charge in [-0.05, 0) is 49.9 Å². The third-order valence-corrected chi connectivity index (χ3v) is 5.87. The smallest absolute Gasteiger partial charge is 0.213 e. The molecule has 1 aliphatic heterocycles. The summed E-state index contributed by atoms with van der Waals surface area (Å²) in [7, 11) is 1.68. The Hall–Kier alpha value is -3.15. The first kappa shape index (κ1) is 17.9. The van der Waals surface area contributed by atoms with Gasteiger partial charge in [-0.25, -0.2) is 9.38 Å². The molecule has 0 bridgehead atoms. The van der Waals surface area contributed by atoms with Crippen LogP contribution in [-0.4, -0.2) is 39.8 Å². The van der Waals surface area contributed by atoms with E-state index in [4.69, 9.17) is 9.72 Å². The molecule has 0 amide bonds. The van der Waals surface area contributed by atoms with Crippen LogP contribution in [0.15, 0.2) is 42.5 Å². The predicted octanol–water partition coefficient (Wildman–Crippen LogP) is 4.50. The number of aromatic nitrogens is 4. The number of fused-ring (bicyclic) bond motifs is 3. The third kappa shape index (κ3) is 3.09. The summed E-state index contributed by atoms with van der Waals surface area (Å²) in [6.45, 7) is 6.41. The molecule has 3 heterocycles. The van der Waals surface area contributed by atoms with E-state index >= 15 is 0 Å². The van der Waals surface area contributed by atoms with Crippen LogP contribution in [-0.2, 0) is 0 Å². The number of benzene rings is 2. The molecular formula is C23H25N5O. The second-order valence-electron chi connectivity index (χ2n) is 8.02. The zero-order valence-electron chi connectivity index (χ0n) is 17.1. The Morgan fingerprint density at radius 1 is 1.03 bits per heavy atom. The highest BCUT2D eigenvalue weighted by molar-refractivity contribution is 5.94. The fourth-order valence-electron chi connectivity index (χ4n) is 4.10. The molecule has 0 saturated carbocycles.